The molecular formula is C20H17ClF2N6. The lowest BCUT2D eigenvalue weighted by Crippen LogP contribution is -2.06. The van der Waals surface area contributed by atoms with E-state index < -0.39 is 11.6 Å². The molecular weight excluding hydrogens is 398 g/mol. The summed E-state index contributed by atoms with van der Waals surface area (Å²) in [6.45, 7) is 3.86. The molecule has 0 bridgehead atoms. The fourth-order valence-corrected chi connectivity index (χ4v) is 3.54. The van der Waals surface area contributed by atoms with Gasteiger partial charge in [0.15, 0.2) is 5.82 Å². The minimum Gasteiger partial charge on any atom is -0.270 e. The maximum atomic E-state index is 14.2. The third kappa shape index (κ3) is 3.63. The number of halogens is 3. The van der Waals surface area contributed by atoms with Crippen LogP contribution in [0.1, 0.15) is 22.8 Å². The molecule has 3 heterocycles. The van der Waals surface area contributed by atoms with Gasteiger partial charge in [-0.15, -0.1) is 0 Å². The summed E-state index contributed by atoms with van der Waals surface area (Å²) in [5, 5.41) is 9.06. The minimum absolute atomic E-state index is 0.143. The Morgan fingerprint density at radius 2 is 1.83 bits per heavy atom. The molecule has 0 saturated heterocycles. The molecule has 0 fully saturated rings. The summed E-state index contributed by atoms with van der Waals surface area (Å²) in [5.74, 6) is -0.731. The van der Waals surface area contributed by atoms with Gasteiger partial charge in [0.2, 0.25) is 0 Å². The second-order valence-corrected chi connectivity index (χ2v) is 7.12. The molecule has 3 aromatic heterocycles. The fraction of sp³-hybridized carbons (Fsp3) is 0.200. The molecule has 29 heavy (non-hydrogen) atoms. The maximum absolute atomic E-state index is 14.2. The Morgan fingerprint density at radius 1 is 1.03 bits per heavy atom. The number of hydrogen-bond acceptors (Lipinski definition) is 4. The van der Waals surface area contributed by atoms with Crippen LogP contribution < -0.4 is 0 Å². The van der Waals surface area contributed by atoms with Gasteiger partial charge in [-0.1, -0.05) is 11.6 Å². The Bertz CT molecular complexity index is 1210. The zero-order chi connectivity index (χ0) is 20.7. The van der Waals surface area contributed by atoms with Crippen LogP contribution in [0.2, 0.25) is 5.02 Å². The van der Waals surface area contributed by atoms with E-state index >= 15 is 0 Å². The molecule has 0 aliphatic carbocycles. The van der Waals surface area contributed by atoms with Crippen molar-refractivity contribution in [2.24, 2.45) is 7.05 Å². The predicted octanol–water partition coefficient (Wildman–Crippen LogP) is 4.20. The smallest absolute Gasteiger partial charge is 0.157 e. The summed E-state index contributed by atoms with van der Waals surface area (Å²) in [4.78, 5) is 8.61. The molecule has 1 aromatic carbocycles. The van der Waals surface area contributed by atoms with E-state index in [0.717, 1.165) is 17.5 Å². The molecule has 0 saturated carbocycles. The van der Waals surface area contributed by atoms with Crippen LogP contribution >= 0.6 is 11.6 Å². The standard InChI is InChI=1S/C20H17ClF2N6/c1-11-6-12(2)29(26-11)18-9-14(24-10-25-18)8-17-19(21)20(27-28(17)3)15-5-4-13(22)7-16(15)23/h4-7,9-10H,8H2,1-3H3. The van der Waals surface area contributed by atoms with E-state index in [9.17, 15) is 8.78 Å². The average Bonchev–Trinajstić information content (AvgIpc) is 3.15. The largest absolute Gasteiger partial charge is 0.270 e. The third-order valence-corrected chi connectivity index (χ3v) is 4.97. The van der Waals surface area contributed by atoms with E-state index in [1.807, 2.05) is 26.0 Å². The van der Waals surface area contributed by atoms with Gasteiger partial charge in [-0.2, -0.15) is 10.2 Å². The SMILES string of the molecule is Cc1cc(C)n(-c2cc(Cc3c(Cl)c(-c4ccc(F)cc4F)nn3C)ncn2)n1. The number of hydrogen-bond donors (Lipinski definition) is 0. The Hall–Kier alpha value is -3.13. The Labute approximate surface area is 170 Å². The third-order valence-electron chi connectivity index (χ3n) is 4.57. The van der Waals surface area contributed by atoms with Crippen molar-refractivity contribution in [3.05, 3.63) is 76.1 Å². The maximum Gasteiger partial charge on any atom is 0.157 e. The first-order valence-electron chi connectivity index (χ1n) is 8.85. The zero-order valence-electron chi connectivity index (χ0n) is 16.0. The molecule has 148 valence electrons. The van der Waals surface area contributed by atoms with E-state index in [0.29, 0.717) is 28.6 Å². The zero-order valence-corrected chi connectivity index (χ0v) is 16.7. The van der Waals surface area contributed by atoms with E-state index in [1.165, 1.54) is 18.5 Å². The second-order valence-electron chi connectivity index (χ2n) is 6.74. The highest BCUT2D eigenvalue weighted by atomic mass is 35.5. The minimum atomic E-state index is -0.717. The van der Waals surface area contributed by atoms with Crippen LogP contribution in [0.5, 0.6) is 0 Å². The highest BCUT2D eigenvalue weighted by Crippen LogP contribution is 2.32. The van der Waals surface area contributed by atoms with Gasteiger partial charge in [0.1, 0.15) is 23.7 Å². The molecule has 0 aliphatic rings. The topological polar surface area (TPSA) is 61.4 Å². The lowest BCUT2D eigenvalue weighted by Gasteiger charge is -2.06. The van der Waals surface area contributed by atoms with Crippen LogP contribution in [0.3, 0.4) is 0 Å². The van der Waals surface area contributed by atoms with Crippen molar-refractivity contribution in [3.8, 4) is 17.1 Å². The molecule has 0 unspecified atom stereocenters. The van der Waals surface area contributed by atoms with Gasteiger partial charge in [0.25, 0.3) is 0 Å². The summed E-state index contributed by atoms with van der Waals surface area (Å²) >= 11 is 6.51. The average molecular weight is 415 g/mol. The quantitative estimate of drug-likeness (QED) is 0.502. The lowest BCUT2D eigenvalue weighted by atomic mass is 10.1. The Balaban J connectivity index is 1.70. The Kier molecular flexibility index (Phi) is 4.87. The summed E-state index contributed by atoms with van der Waals surface area (Å²) in [7, 11) is 1.72. The number of nitrogens with zero attached hydrogens (tertiary/aromatic N) is 6. The van der Waals surface area contributed by atoms with Crippen molar-refractivity contribution in [1.29, 1.82) is 0 Å². The molecule has 4 rings (SSSR count). The molecule has 0 radical (unpaired) electrons. The number of rotatable bonds is 4. The van der Waals surface area contributed by atoms with Crippen molar-refractivity contribution in [2.75, 3.05) is 0 Å². The van der Waals surface area contributed by atoms with Gasteiger partial charge >= 0.3 is 0 Å². The number of benzene rings is 1. The highest BCUT2D eigenvalue weighted by molar-refractivity contribution is 6.33. The van der Waals surface area contributed by atoms with Crippen molar-refractivity contribution in [2.45, 2.75) is 20.3 Å². The van der Waals surface area contributed by atoms with Gasteiger partial charge in [0.05, 0.1) is 22.1 Å². The summed E-state index contributed by atoms with van der Waals surface area (Å²) < 4.78 is 30.7. The first-order valence-corrected chi connectivity index (χ1v) is 9.22. The van der Waals surface area contributed by atoms with Crippen molar-refractivity contribution in [1.82, 2.24) is 29.5 Å². The van der Waals surface area contributed by atoms with Crippen molar-refractivity contribution < 1.29 is 8.78 Å². The summed E-state index contributed by atoms with van der Waals surface area (Å²) in [6, 6.07) is 7.10. The van der Waals surface area contributed by atoms with Gasteiger partial charge < -0.3 is 0 Å². The Morgan fingerprint density at radius 3 is 2.52 bits per heavy atom. The molecule has 0 aliphatic heterocycles. The van der Waals surface area contributed by atoms with Gasteiger partial charge in [-0.05, 0) is 32.0 Å². The van der Waals surface area contributed by atoms with E-state index in [2.05, 4.69) is 20.2 Å². The highest BCUT2D eigenvalue weighted by Gasteiger charge is 2.20. The van der Waals surface area contributed by atoms with Crippen LogP contribution in [0.4, 0.5) is 8.78 Å². The summed E-state index contributed by atoms with van der Waals surface area (Å²) in [6.07, 6.45) is 1.83. The first kappa shape index (κ1) is 19.2. The normalized spacial score (nSPS) is 11.2. The van der Waals surface area contributed by atoms with Gasteiger partial charge in [-0.3, -0.25) is 4.68 Å². The monoisotopic (exact) mass is 414 g/mol. The van der Waals surface area contributed by atoms with Crippen molar-refractivity contribution in [3.63, 3.8) is 0 Å². The molecule has 0 N–H and O–H groups in total. The first-order chi connectivity index (χ1) is 13.8. The molecule has 4 aromatic rings. The van der Waals surface area contributed by atoms with E-state index in [4.69, 9.17) is 11.6 Å². The van der Waals surface area contributed by atoms with Crippen molar-refractivity contribution >= 4 is 11.6 Å². The molecule has 0 amide bonds. The van der Waals surface area contributed by atoms with Gasteiger partial charge in [-0.25, -0.2) is 23.4 Å². The fourth-order valence-electron chi connectivity index (χ4n) is 3.21. The lowest BCUT2D eigenvalue weighted by molar-refractivity contribution is 0.585. The van der Waals surface area contributed by atoms with E-state index in [1.54, 1.807) is 16.4 Å². The van der Waals surface area contributed by atoms with E-state index in [-0.39, 0.29) is 11.3 Å². The number of aryl methyl sites for hydroxylation is 3. The van der Waals surface area contributed by atoms with Crippen LogP contribution in [0.25, 0.3) is 17.1 Å². The molecule has 6 nitrogen and oxygen atoms in total. The van der Waals surface area contributed by atoms with Gasteiger partial charge in [0, 0.05) is 36.9 Å². The van der Waals surface area contributed by atoms with Crippen LogP contribution in [0.15, 0.2) is 36.7 Å². The van der Waals surface area contributed by atoms with Crippen LogP contribution in [-0.4, -0.2) is 29.5 Å². The number of aromatic nitrogens is 6. The molecule has 0 atom stereocenters. The predicted molar refractivity (Wildman–Crippen MR) is 105 cm³/mol. The van der Waals surface area contributed by atoms with Crippen LogP contribution in [0, 0.1) is 25.5 Å². The summed E-state index contributed by atoms with van der Waals surface area (Å²) in [5.41, 5.74) is 3.61. The molecule has 9 heteroatoms. The van der Waals surface area contributed by atoms with Crippen LogP contribution in [-0.2, 0) is 13.5 Å². The second kappa shape index (κ2) is 7.36. The molecule has 0 spiro atoms.